The summed E-state index contributed by atoms with van der Waals surface area (Å²) in [6, 6.07) is 19.9. The first-order valence-electron chi connectivity index (χ1n) is 10.3. The van der Waals surface area contributed by atoms with Gasteiger partial charge in [0.25, 0.3) is 0 Å². The monoisotopic (exact) mass is 416 g/mol. The van der Waals surface area contributed by atoms with Crippen molar-refractivity contribution in [3.63, 3.8) is 0 Å². The Bertz CT molecular complexity index is 1210. The van der Waals surface area contributed by atoms with Crippen molar-refractivity contribution < 1.29 is 14.9 Å². The molecule has 1 fully saturated rings. The minimum absolute atomic E-state index is 0.201. The van der Waals surface area contributed by atoms with Crippen LogP contribution in [0, 0.1) is 0 Å². The minimum atomic E-state index is -0.278. The van der Waals surface area contributed by atoms with Gasteiger partial charge in [-0.15, -0.1) is 0 Å². The second kappa shape index (κ2) is 7.75. The van der Waals surface area contributed by atoms with Crippen LogP contribution in [0.2, 0.25) is 0 Å². The Labute approximate surface area is 180 Å². The highest BCUT2D eigenvalue weighted by atomic mass is 16.5. The number of aromatic amines is 1. The Kier molecular flexibility index (Phi) is 4.78. The molecule has 0 amide bonds. The fourth-order valence-corrected chi connectivity index (χ4v) is 4.08. The predicted octanol–water partition coefficient (Wildman–Crippen LogP) is 3.98. The van der Waals surface area contributed by atoms with Gasteiger partial charge < -0.3 is 29.7 Å². The number of rotatable bonds is 4. The maximum Gasteiger partial charge on any atom is 0.200 e. The first-order chi connectivity index (χ1) is 15.1. The van der Waals surface area contributed by atoms with Crippen LogP contribution in [-0.4, -0.2) is 53.5 Å². The Hall–Kier alpha value is -3.87. The molecule has 1 aliphatic heterocycles. The Morgan fingerprint density at radius 1 is 0.871 bits per heavy atom. The first-order valence-corrected chi connectivity index (χ1v) is 10.3. The molecule has 0 saturated carbocycles. The summed E-state index contributed by atoms with van der Waals surface area (Å²) in [4.78, 5) is 12.8. The van der Waals surface area contributed by atoms with E-state index in [2.05, 4.69) is 56.2 Å². The molecule has 4 aromatic rings. The number of aromatic nitrogens is 2. The van der Waals surface area contributed by atoms with Crippen LogP contribution >= 0.6 is 0 Å². The van der Waals surface area contributed by atoms with Gasteiger partial charge in [-0.2, -0.15) is 0 Å². The Morgan fingerprint density at radius 2 is 1.58 bits per heavy atom. The molecule has 1 aliphatic rings. The van der Waals surface area contributed by atoms with Crippen molar-refractivity contribution in [1.82, 2.24) is 9.97 Å². The first kappa shape index (κ1) is 19.1. The van der Waals surface area contributed by atoms with E-state index >= 15 is 0 Å². The summed E-state index contributed by atoms with van der Waals surface area (Å²) in [5.74, 6) is 0.285. The summed E-state index contributed by atoms with van der Waals surface area (Å²) in [5, 5.41) is 19.9. The number of para-hydroxylation sites is 1. The maximum atomic E-state index is 9.98. The van der Waals surface area contributed by atoms with Crippen LogP contribution in [0.25, 0.3) is 22.4 Å². The topological polar surface area (TPSA) is 84.9 Å². The van der Waals surface area contributed by atoms with Crippen molar-refractivity contribution in [2.24, 2.45) is 0 Å². The van der Waals surface area contributed by atoms with Gasteiger partial charge in [0, 0.05) is 43.1 Å². The molecule has 0 spiro atoms. The summed E-state index contributed by atoms with van der Waals surface area (Å²) in [5.41, 5.74) is 4.82. The number of phenolic OH excluding ortho intramolecular Hbond substituents is 2. The summed E-state index contributed by atoms with van der Waals surface area (Å²) in [6.07, 6.45) is 0. The molecule has 0 unspecified atom stereocenters. The molecule has 2 heterocycles. The fourth-order valence-electron chi connectivity index (χ4n) is 4.08. The number of H-pyrrole nitrogens is 1. The quantitative estimate of drug-likeness (QED) is 0.437. The molecule has 1 aromatic heterocycles. The molecule has 0 bridgehead atoms. The van der Waals surface area contributed by atoms with Gasteiger partial charge in [0.15, 0.2) is 11.5 Å². The number of aromatic hydroxyl groups is 2. The molecule has 7 nitrogen and oxygen atoms in total. The number of anilines is 2. The van der Waals surface area contributed by atoms with Crippen LogP contribution < -0.4 is 14.5 Å². The van der Waals surface area contributed by atoms with Gasteiger partial charge in [-0.25, -0.2) is 4.98 Å². The third-order valence-corrected chi connectivity index (χ3v) is 5.78. The van der Waals surface area contributed by atoms with Crippen LogP contribution in [0.5, 0.6) is 17.2 Å². The third-order valence-electron chi connectivity index (χ3n) is 5.78. The van der Waals surface area contributed by atoms with Gasteiger partial charge in [-0.1, -0.05) is 18.2 Å². The van der Waals surface area contributed by atoms with E-state index in [1.807, 2.05) is 12.1 Å². The smallest absolute Gasteiger partial charge is 0.200 e. The number of hydrogen-bond donors (Lipinski definition) is 3. The molecule has 1 saturated heterocycles. The van der Waals surface area contributed by atoms with Crippen LogP contribution in [0.4, 0.5) is 11.4 Å². The van der Waals surface area contributed by atoms with Gasteiger partial charge in [0.2, 0.25) is 5.75 Å². The largest absolute Gasteiger partial charge is 0.504 e. The number of methoxy groups -OCH3 is 1. The molecule has 0 aliphatic carbocycles. The van der Waals surface area contributed by atoms with Crippen molar-refractivity contribution in [2.75, 3.05) is 43.1 Å². The highest BCUT2D eigenvalue weighted by Gasteiger charge is 2.19. The van der Waals surface area contributed by atoms with Crippen LogP contribution in [0.15, 0.2) is 60.7 Å². The predicted molar refractivity (Wildman–Crippen MR) is 122 cm³/mol. The van der Waals surface area contributed by atoms with E-state index in [-0.39, 0.29) is 17.2 Å². The molecular weight excluding hydrogens is 392 g/mol. The lowest BCUT2D eigenvalue weighted by molar-refractivity contribution is 0.351. The zero-order valence-electron chi connectivity index (χ0n) is 17.2. The lowest BCUT2D eigenvalue weighted by atomic mass is 10.1. The number of nitrogens with one attached hydrogen (secondary N) is 1. The lowest BCUT2D eigenvalue weighted by Gasteiger charge is -2.37. The molecular formula is C24H24N4O3. The van der Waals surface area contributed by atoms with Gasteiger partial charge in [0.1, 0.15) is 5.82 Å². The Balaban J connectivity index is 1.38. The fraction of sp³-hybridized carbons (Fsp3) is 0.208. The molecule has 5 rings (SSSR count). The second-order valence-electron chi connectivity index (χ2n) is 7.64. The van der Waals surface area contributed by atoms with Gasteiger partial charge in [0.05, 0.1) is 18.1 Å². The van der Waals surface area contributed by atoms with Crippen LogP contribution in [0.1, 0.15) is 0 Å². The van der Waals surface area contributed by atoms with Gasteiger partial charge in [-0.3, -0.25) is 0 Å². The number of benzene rings is 3. The van der Waals surface area contributed by atoms with Crippen molar-refractivity contribution in [2.45, 2.75) is 0 Å². The van der Waals surface area contributed by atoms with Crippen LogP contribution in [-0.2, 0) is 0 Å². The van der Waals surface area contributed by atoms with Crippen molar-refractivity contribution >= 4 is 22.4 Å². The van der Waals surface area contributed by atoms with Crippen LogP contribution in [0.3, 0.4) is 0 Å². The van der Waals surface area contributed by atoms with Gasteiger partial charge >= 0.3 is 0 Å². The van der Waals surface area contributed by atoms with E-state index in [9.17, 15) is 10.2 Å². The molecule has 158 valence electrons. The molecule has 7 heteroatoms. The SMILES string of the molecule is COc1cc(-c2nc3ccc(N4CCN(c5ccccc5)CC4)cc3[nH]2)cc(O)c1O. The van der Waals surface area contributed by atoms with Crippen molar-refractivity contribution in [3.8, 4) is 28.6 Å². The molecule has 3 N–H and O–H groups in total. The van der Waals surface area contributed by atoms with E-state index in [0.29, 0.717) is 11.4 Å². The molecule has 31 heavy (non-hydrogen) atoms. The zero-order chi connectivity index (χ0) is 21.4. The summed E-state index contributed by atoms with van der Waals surface area (Å²) in [6.45, 7) is 3.85. The van der Waals surface area contributed by atoms with E-state index in [1.165, 1.54) is 18.9 Å². The standard InChI is InChI=1S/C24H24N4O3/c1-31-22-14-16(13-21(29)23(22)30)24-25-19-8-7-18(15-20(19)26-24)28-11-9-27(10-12-28)17-5-3-2-4-6-17/h2-8,13-15,29-30H,9-12H2,1H3,(H,25,26). The van der Waals surface area contributed by atoms with Crippen molar-refractivity contribution in [3.05, 3.63) is 60.7 Å². The average Bonchev–Trinajstić information content (AvgIpc) is 3.25. The number of imidazole rings is 1. The maximum absolute atomic E-state index is 9.98. The van der Waals surface area contributed by atoms with Gasteiger partial charge in [-0.05, 0) is 42.5 Å². The summed E-state index contributed by atoms with van der Waals surface area (Å²) < 4.78 is 5.14. The zero-order valence-corrected chi connectivity index (χ0v) is 17.2. The number of fused-ring (bicyclic) bond motifs is 1. The number of ether oxygens (including phenoxy) is 1. The van der Waals surface area contributed by atoms with E-state index < -0.39 is 0 Å². The number of nitrogens with zero attached hydrogens (tertiary/aromatic N) is 3. The second-order valence-corrected chi connectivity index (χ2v) is 7.64. The van der Waals surface area contributed by atoms with E-state index in [4.69, 9.17) is 4.74 Å². The Morgan fingerprint density at radius 3 is 2.29 bits per heavy atom. The molecule has 0 radical (unpaired) electrons. The summed E-state index contributed by atoms with van der Waals surface area (Å²) in [7, 11) is 1.45. The number of hydrogen-bond acceptors (Lipinski definition) is 6. The highest BCUT2D eigenvalue weighted by molar-refractivity contribution is 5.83. The highest BCUT2D eigenvalue weighted by Crippen LogP contribution is 2.39. The van der Waals surface area contributed by atoms with E-state index in [1.54, 1.807) is 6.07 Å². The molecule has 0 atom stereocenters. The summed E-state index contributed by atoms with van der Waals surface area (Å²) >= 11 is 0. The van der Waals surface area contributed by atoms with Crippen molar-refractivity contribution in [1.29, 1.82) is 0 Å². The minimum Gasteiger partial charge on any atom is -0.504 e. The molecule has 3 aromatic carbocycles. The number of piperazine rings is 1. The third kappa shape index (κ3) is 3.59. The van der Waals surface area contributed by atoms with E-state index in [0.717, 1.165) is 42.9 Å². The number of phenols is 2. The average molecular weight is 416 g/mol. The normalized spacial score (nSPS) is 14.2. The lowest BCUT2D eigenvalue weighted by Crippen LogP contribution is -2.46.